The molecule has 0 radical (unpaired) electrons. The molecule has 0 N–H and O–H groups in total. The molecule has 1 rings (SSSR count). The van der Waals surface area contributed by atoms with Gasteiger partial charge in [0, 0.05) is 25.3 Å². The van der Waals surface area contributed by atoms with E-state index in [1.807, 2.05) is 0 Å². The molecule has 2 nitrogen and oxygen atoms in total. The SMILES string of the molecule is C=C(C)C1CCN(C(=C)CN(C)CCC(C)C)CC1. The van der Waals surface area contributed by atoms with Crippen molar-refractivity contribution in [3.8, 4) is 0 Å². The van der Waals surface area contributed by atoms with Gasteiger partial charge in [-0.15, -0.1) is 0 Å². The van der Waals surface area contributed by atoms with Crippen molar-refractivity contribution in [3.63, 3.8) is 0 Å². The quantitative estimate of drug-likeness (QED) is 0.646. The fourth-order valence-electron chi connectivity index (χ4n) is 2.66. The van der Waals surface area contributed by atoms with Crippen LogP contribution in [0.15, 0.2) is 24.4 Å². The van der Waals surface area contributed by atoms with Crippen molar-refractivity contribution in [1.29, 1.82) is 0 Å². The van der Waals surface area contributed by atoms with Gasteiger partial charge in [-0.1, -0.05) is 32.6 Å². The summed E-state index contributed by atoms with van der Waals surface area (Å²) in [5, 5.41) is 0. The van der Waals surface area contributed by atoms with E-state index in [4.69, 9.17) is 0 Å². The Balaban J connectivity index is 2.29. The van der Waals surface area contributed by atoms with Gasteiger partial charge in [0.25, 0.3) is 0 Å². The normalized spacial score (nSPS) is 17.3. The maximum absolute atomic E-state index is 4.28. The highest BCUT2D eigenvalue weighted by molar-refractivity contribution is 5.03. The molecule has 0 amide bonds. The molecule has 1 aliphatic heterocycles. The molecule has 1 saturated heterocycles. The van der Waals surface area contributed by atoms with Gasteiger partial charge in [0.1, 0.15) is 0 Å². The summed E-state index contributed by atoms with van der Waals surface area (Å²) in [6.07, 6.45) is 3.75. The van der Waals surface area contributed by atoms with Crippen molar-refractivity contribution in [2.45, 2.75) is 40.0 Å². The lowest BCUT2D eigenvalue weighted by molar-refractivity contribution is 0.219. The summed E-state index contributed by atoms with van der Waals surface area (Å²) in [7, 11) is 2.20. The Kier molecular flexibility index (Phi) is 6.64. The first-order valence-electron chi connectivity index (χ1n) is 7.66. The number of nitrogens with zero attached hydrogens (tertiary/aromatic N) is 2. The van der Waals surface area contributed by atoms with Crippen LogP contribution < -0.4 is 0 Å². The van der Waals surface area contributed by atoms with Crippen LogP contribution in [0.2, 0.25) is 0 Å². The molecule has 0 unspecified atom stereocenters. The molecule has 19 heavy (non-hydrogen) atoms. The van der Waals surface area contributed by atoms with E-state index in [9.17, 15) is 0 Å². The molecule has 0 aliphatic carbocycles. The van der Waals surface area contributed by atoms with E-state index in [0.717, 1.165) is 31.5 Å². The number of allylic oxidation sites excluding steroid dienone is 1. The van der Waals surface area contributed by atoms with Gasteiger partial charge in [0.05, 0.1) is 0 Å². The molecule has 2 heteroatoms. The smallest absolute Gasteiger partial charge is 0.0374 e. The predicted molar refractivity (Wildman–Crippen MR) is 85.2 cm³/mol. The molecule has 0 aromatic rings. The summed E-state index contributed by atoms with van der Waals surface area (Å²) >= 11 is 0. The van der Waals surface area contributed by atoms with Crippen molar-refractivity contribution >= 4 is 0 Å². The first-order valence-corrected chi connectivity index (χ1v) is 7.66. The Morgan fingerprint density at radius 2 is 1.84 bits per heavy atom. The molecule has 0 aromatic heterocycles. The second-order valence-electron chi connectivity index (χ2n) is 6.59. The zero-order valence-electron chi connectivity index (χ0n) is 13.4. The highest BCUT2D eigenvalue weighted by Gasteiger charge is 2.20. The lowest BCUT2D eigenvalue weighted by Gasteiger charge is -2.36. The molecule has 1 heterocycles. The fraction of sp³-hybridized carbons (Fsp3) is 0.765. The largest absolute Gasteiger partial charge is 0.374 e. The molecule has 0 aromatic carbocycles. The van der Waals surface area contributed by atoms with Gasteiger partial charge in [0.15, 0.2) is 0 Å². The van der Waals surface area contributed by atoms with E-state index < -0.39 is 0 Å². The van der Waals surface area contributed by atoms with Crippen LogP contribution in [-0.4, -0.2) is 43.0 Å². The van der Waals surface area contributed by atoms with Crippen LogP contribution in [0.1, 0.15) is 40.0 Å². The zero-order valence-corrected chi connectivity index (χ0v) is 13.4. The van der Waals surface area contributed by atoms with Gasteiger partial charge in [-0.3, -0.25) is 0 Å². The minimum Gasteiger partial charge on any atom is -0.374 e. The molecule has 1 aliphatic rings. The number of piperidine rings is 1. The topological polar surface area (TPSA) is 6.48 Å². The lowest BCUT2D eigenvalue weighted by Crippen LogP contribution is -2.37. The molecule has 1 fully saturated rings. The Morgan fingerprint density at radius 1 is 1.26 bits per heavy atom. The van der Waals surface area contributed by atoms with Crippen molar-refractivity contribution in [3.05, 3.63) is 24.4 Å². The van der Waals surface area contributed by atoms with Crippen LogP contribution in [-0.2, 0) is 0 Å². The maximum atomic E-state index is 4.28. The van der Waals surface area contributed by atoms with E-state index in [2.05, 4.69) is 50.8 Å². The second kappa shape index (κ2) is 7.74. The molecule has 0 atom stereocenters. The van der Waals surface area contributed by atoms with Gasteiger partial charge in [0.2, 0.25) is 0 Å². The first kappa shape index (κ1) is 16.3. The first-order chi connectivity index (χ1) is 8.90. The number of likely N-dealkylation sites (N-methyl/N-ethyl adjacent to an activating group) is 1. The third kappa shape index (κ3) is 5.82. The number of rotatable bonds is 7. The number of hydrogen-bond donors (Lipinski definition) is 0. The van der Waals surface area contributed by atoms with Gasteiger partial charge < -0.3 is 9.80 Å². The number of hydrogen-bond acceptors (Lipinski definition) is 2. The van der Waals surface area contributed by atoms with E-state index in [1.54, 1.807) is 0 Å². The highest BCUT2D eigenvalue weighted by atomic mass is 15.2. The van der Waals surface area contributed by atoms with Gasteiger partial charge in [-0.05, 0) is 51.6 Å². The zero-order chi connectivity index (χ0) is 14.4. The van der Waals surface area contributed by atoms with Gasteiger partial charge in [-0.2, -0.15) is 0 Å². The van der Waals surface area contributed by atoms with Crippen molar-refractivity contribution in [1.82, 2.24) is 9.80 Å². The fourth-order valence-corrected chi connectivity index (χ4v) is 2.66. The van der Waals surface area contributed by atoms with E-state index in [0.29, 0.717) is 0 Å². The summed E-state index contributed by atoms with van der Waals surface area (Å²) < 4.78 is 0. The highest BCUT2D eigenvalue weighted by Crippen LogP contribution is 2.25. The average Bonchev–Trinajstić information content (AvgIpc) is 2.36. The molecular weight excluding hydrogens is 232 g/mol. The standard InChI is InChI=1S/C17H32N2/c1-14(2)7-10-18(6)13-16(5)19-11-8-17(9-12-19)15(3)4/h14,17H,3,5,7-13H2,1-2,4,6H3. The summed E-state index contributed by atoms with van der Waals surface area (Å²) in [5.74, 6) is 1.50. The molecule has 0 saturated carbocycles. The van der Waals surface area contributed by atoms with E-state index >= 15 is 0 Å². The van der Waals surface area contributed by atoms with Crippen LogP contribution in [0.5, 0.6) is 0 Å². The van der Waals surface area contributed by atoms with Gasteiger partial charge in [-0.25, -0.2) is 0 Å². The minimum absolute atomic E-state index is 0.725. The average molecular weight is 264 g/mol. The Morgan fingerprint density at radius 3 is 2.32 bits per heavy atom. The lowest BCUT2D eigenvalue weighted by atomic mass is 9.91. The van der Waals surface area contributed by atoms with Crippen LogP contribution in [0.4, 0.5) is 0 Å². The molecule has 110 valence electrons. The monoisotopic (exact) mass is 264 g/mol. The van der Waals surface area contributed by atoms with E-state index in [1.165, 1.54) is 37.1 Å². The molecule has 0 bridgehead atoms. The summed E-state index contributed by atoms with van der Waals surface area (Å²) in [6, 6.07) is 0. The summed E-state index contributed by atoms with van der Waals surface area (Å²) in [5.41, 5.74) is 2.63. The van der Waals surface area contributed by atoms with Crippen molar-refractivity contribution in [2.24, 2.45) is 11.8 Å². The van der Waals surface area contributed by atoms with Gasteiger partial charge >= 0.3 is 0 Å². The Bertz CT molecular complexity index is 298. The predicted octanol–water partition coefficient (Wildman–Crippen LogP) is 3.77. The third-order valence-corrected chi connectivity index (χ3v) is 4.18. The Hall–Kier alpha value is -0.760. The number of likely N-dealkylation sites (tertiary alicyclic amines) is 1. The summed E-state index contributed by atoms with van der Waals surface area (Å²) in [6.45, 7) is 19.6. The molecular formula is C17H32N2. The van der Waals surface area contributed by atoms with Crippen molar-refractivity contribution < 1.29 is 0 Å². The third-order valence-electron chi connectivity index (χ3n) is 4.18. The minimum atomic E-state index is 0.725. The van der Waals surface area contributed by atoms with Crippen LogP contribution in [0.25, 0.3) is 0 Å². The van der Waals surface area contributed by atoms with Crippen molar-refractivity contribution in [2.75, 3.05) is 33.2 Å². The Labute approximate surface area is 120 Å². The van der Waals surface area contributed by atoms with Crippen LogP contribution in [0, 0.1) is 11.8 Å². The maximum Gasteiger partial charge on any atom is 0.0374 e. The summed E-state index contributed by atoms with van der Waals surface area (Å²) in [4.78, 5) is 4.86. The van der Waals surface area contributed by atoms with Crippen LogP contribution in [0.3, 0.4) is 0 Å². The second-order valence-corrected chi connectivity index (χ2v) is 6.59. The molecule has 0 spiro atoms. The van der Waals surface area contributed by atoms with E-state index in [-0.39, 0.29) is 0 Å². The van der Waals surface area contributed by atoms with Crippen LogP contribution >= 0.6 is 0 Å².